The van der Waals surface area contributed by atoms with Crippen LogP contribution in [0.4, 0.5) is 5.95 Å². The van der Waals surface area contributed by atoms with E-state index in [0.29, 0.717) is 5.95 Å². The highest BCUT2D eigenvalue weighted by Gasteiger charge is 1.98. The Morgan fingerprint density at radius 3 is 3.18 bits per heavy atom. The van der Waals surface area contributed by atoms with Crippen LogP contribution in [-0.2, 0) is 0 Å². The molecule has 4 nitrogen and oxygen atoms in total. The number of aromatic nitrogens is 3. The number of fused-ring (bicyclic) bond motifs is 1. The molecule has 0 saturated carbocycles. The molecular formula is C7H8N4. The van der Waals surface area contributed by atoms with E-state index in [1.165, 1.54) is 0 Å². The quantitative estimate of drug-likeness (QED) is 0.595. The molecule has 0 aliphatic carbocycles. The predicted molar refractivity (Wildman–Crippen MR) is 42.1 cm³/mol. The molecule has 4 heteroatoms. The lowest BCUT2D eigenvalue weighted by molar-refractivity contribution is 1.07. The third kappa shape index (κ3) is 0.832. The number of nitrogens with zero attached hydrogens (tertiary/aromatic N) is 3. The van der Waals surface area contributed by atoms with E-state index < -0.39 is 0 Å². The van der Waals surface area contributed by atoms with Crippen LogP contribution >= 0.6 is 0 Å². The van der Waals surface area contributed by atoms with E-state index in [-0.39, 0.29) is 0 Å². The summed E-state index contributed by atoms with van der Waals surface area (Å²) < 4.78 is 1.74. The van der Waals surface area contributed by atoms with Crippen molar-refractivity contribution in [1.29, 1.82) is 0 Å². The molecule has 0 aliphatic rings. The lowest BCUT2D eigenvalue weighted by Crippen LogP contribution is -2.00. The molecule has 2 rings (SSSR count). The average molecular weight is 148 g/mol. The van der Waals surface area contributed by atoms with Crippen molar-refractivity contribution in [3.63, 3.8) is 0 Å². The van der Waals surface area contributed by atoms with Crippen molar-refractivity contribution in [3.8, 4) is 0 Å². The topological polar surface area (TPSA) is 56.2 Å². The van der Waals surface area contributed by atoms with Gasteiger partial charge in [0.1, 0.15) is 5.65 Å². The van der Waals surface area contributed by atoms with Crippen LogP contribution in [0.5, 0.6) is 0 Å². The maximum atomic E-state index is 5.61. The molecule has 56 valence electrons. The van der Waals surface area contributed by atoms with Crippen LogP contribution in [0.1, 0.15) is 5.69 Å². The summed E-state index contributed by atoms with van der Waals surface area (Å²) in [4.78, 5) is 8.16. The van der Waals surface area contributed by atoms with Gasteiger partial charge in [-0.1, -0.05) is 0 Å². The molecule has 2 heterocycles. The molecule has 2 aromatic heterocycles. The van der Waals surface area contributed by atoms with Crippen LogP contribution in [0.3, 0.4) is 0 Å². The number of hydrogen-bond donors (Lipinski definition) is 1. The lowest BCUT2D eigenvalue weighted by atomic mass is 10.4. The Kier molecular flexibility index (Phi) is 1.09. The summed E-state index contributed by atoms with van der Waals surface area (Å²) in [6, 6.07) is 1.89. The second-order valence-corrected chi connectivity index (χ2v) is 2.41. The molecule has 0 aliphatic heterocycles. The monoisotopic (exact) mass is 148 g/mol. The minimum atomic E-state index is 0.484. The molecule has 0 fully saturated rings. The highest BCUT2D eigenvalue weighted by Crippen LogP contribution is 2.06. The summed E-state index contributed by atoms with van der Waals surface area (Å²) in [6.07, 6.45) is 3.49. The Morgan fingerprint density at radius 1 is 1.55 bits per heavy atom. The van der Waals surface area contributed by atoms with Gasteiger partial charge in [0, 0.05) is 24.2 Å². The van der Waals surface area contributed by atoms with E-state index in [0.717, 1.165) is 11.3 Å². The van der Waals surface area contributed by atoms with Gasteiger partial charge in [0.2, 0.25) is 5.95 Å². The Balaban J connectivity index is 2.91. The highest BCUT2D eigenvalue weighted by atomic mass is 15.1. The third-order valence-corrected chi connectivity index (χ3v) is 1.55. The first-order chi connectivity index (χ1) is 5.27. The molecule has 2 N–H and O–H groups in total. The average Bonchev–Trinajstić information content (AvgIpc) is 2.34. The van der Waals surface area contributed by atoms with Gasteiger partial charge in [0.05, 0.1) is 0 Å². The number of rotatable bonds is 0. The number of nitrogen functional groups attached to an aromatic ring is 1. The molecule has 0 radical (unpaired) electrons. The minimum Gasteiger partial charge on any atom is -0.369 e. The molecule has 2 aromatic rings. The Hall–Kier alpha value is -1.58. The van der Waals surface area contributed by atoms with Gasteiger partial charge in [0.25, 0.3) is 0 Å². The number of nitrogens with two attached hydrogens (primary N) is 1. The number of anilines is 1. The second-order valence-electron chi connectivity index (χ2n) is 2.41. The molecule has 0 bridgehead atoms. The van der Waals surface area contributed by atoms with Gasteiger partial charge in [0.15, 0.2) is 0 Å². The van der Waals surface area contributed by atoms with Crippen molar-refractivity contribution >= 4 is 11.6 Å². The molecule has 0 saturated heterocycles. The Morgan fingerprint density at radius 2 is 2.36 bits per heavy atom. The summed E-state index contributed by atoms with van der Waals surface area (Å²) in [6.45, 7) is 1.89. The summed E-state index contributed by atoms with van der Waals surface area (Å²) >= 11 is 0. The number of imidazole rings is 1. The molecular weight excluding hydrogens is 140 g/mol. The molecule has 0 aromatic carbocycles. The van der Waals surface area contributed by atoms with Crippen molar-refractivity contribution in [3.05, 3.63) is 24.2 Å². The maximum absolute atomic E-state index is 5.61. The SMILES string of the molecule is Cc1cc2nccn2c(N)n1. The molecule has 0 atom stereocenters. The highest BCUT2D eigenvalue weighted by molar-refractivity contribution is 5.44. The van der Waals surface area contributed by atoms with Gasteiger partial charge in [-0.2, -0.15) is 0 Å². The number of hydrogen-bond acceptors (Lipinski definition) is 3. The van der Waals surface area contributed by atoms with Gasteiger partial charge < -0.3 is 5.73 Å². The van der Waals surface area contributed by atoms with Crippen molar-refractivity contribution in [2.24, 2.45) is 0 Å². The van der Waals surface area contributed by atoms with E-state index in [4.69, 9.17) is 5.73 Å². The summed E-state index contributed by atoms with van der Waals surface area (Å²) in [5, 5.41) is 0. The van der Waals surface area contributed by atoms with E-state index in [2.05, 4.69) is 9.97 Å². The van der Waals surface area contributed by atoms with Crippen LogP contribution in [0, 0.1) is 6.92 Å². The molecule has 0 spiro atoms. The van der Waals surface area contributed by atoms with Crippen LogP contribution in [0.25, 0.3) is 5.65 Å². The first kappa shape index (κ1) is 6.15. The summed E-state index contributed by atoms with van der Waals surface area (Å²) in [5.41, 5.74) is 7.35. The van der Waals surface area contributed by atoms with E-state index in [9.17, 15) is 0 Å². The van der Waals surface area contributed by atoms with Gasteiger partial charge >= 0.3 is 0 Å². The summed E-state index contributed by atoms with van der Waals surface area (Å²) in [7, 11) is 0. The molecule has 0 unspecified atom stereocenters. The minimum absolute atomic E-state index is 0.484. The van der Waals surface area contributed by atoms with E-state index in [1.54, 1.807) is 16.8 Å². The molecule has 11 heavy (non-hydrogen) atoms. The lowest BCUT2D eigenvalue weighted by Gasteiger charge is -1.98. The van der Waals surface area contributed by atoms with Crippen LogP contribution in [0.2, 0.25) is 0 Å². The Bertz CT molecular complexity index is 390. The fourth-order valence-corrected chi connectivity index (χ4v) is 1.07. The van der Waals surface area contributed by atoms with Gasteiger partial charge in [-0.15, -0.1) is 0 Å². The molecule has 0 amide bonds. The fourth-order valence-electron chi connectivity index (χ4n) is 1.07. The van der Waals surface area contributed by atoms with Crippen molar-refractivity contribution < 1.29 is 0 Å². The maximum Gasteiger partial charge on any atom is 0.206 e. The van der Waals surface area contributed by atoms with Crippen LogP contribution in [0.15, 0.2) is 18.5 Å². The third-order valence-electron chi connectivity index (χ3n) is 1.55. The zero-order valence-corrected chi connectivity index (χ0v) is 6.15. The van der Waals surface area contributed by atoms with Gasteiger partial charge in [-0.3, -0.25) is 4.40 Å². The van der Waals surface area contributed by atoms with Crippen LogP contribution in [-0.4, -0.2) is 14.4 Å². The van der Waals surface area contributed by atoms with Gasteiger partial charge in [-0.05, 0) is 6.92 Å². The zero-order chi connectivity index (χ0) is 7.84. The first-order valence-electron chi connectivity index (χ1n) is 3.33. The van der Waals surface area contributed by atoms with Crippen molar-refractivity contribution in [2.75, 3.05) is 5.73 Å². The van der Waals surface area contributed by atoms with Crippen molar-refractivity contribution in [1.82, 2.24) is 14.4 Å². The van der Waals surface area contributed by atoms with Crippen LogP contribution < -0.4 is 5.73 Å². The van der Waals surface area contributed by atoms with Gasteiger partial charge in [-0.25, -0.2) is 9.97 Å². The Labute approximate surface area is 63.7 Å². The predicted octanol–water partition coefficient (Wildman–Crippen LogP) is 0.620. The number of aryl methyl sites for hydroxylation is 1. The fraction of sp³-hybridized carbons (Fsp3) is 0.143. The first-order valence-corrected chi connectivity index (χ1v) is 3.33. The van der Waals surface area contributed by atoms with E-state index in [1.807, 2.05) is 13.0 Å². The largest absolute Gasteiger partial charge is 0.369 e. The normalized spacial score (nSPS) is 10.6. The second kappa shape index (κ2) is 1.95. The van der Waals surface area contributed by atoms with E-state index >= 15 is 0 Å². The summed E-state index contributed by atoms with van der Waals surface area (Å²) in [5.74, 6) is 0.484. The smallest absolute Gasteiger partial charge is 0.206 e. The van der Waals surface area contributed by atoms with Crippen molar-refractivity contribution in [2.45, 2.75) is 6.92 Å². The zero-order valence-electron chi connectivity index (χ0n) is 6.15. The standard InChI is InChI=1S/C7H8N4/c1-5-4-6-9-2-3-11(6)7(8)10-5/h2-4H,1H3,(H2,8,10).